The summed E-state index contributed by atoms with van der Waals surface area (Å²) in [5.41, 5.74) is 2.02. The van der Waals surface area contributed by atoms with Crippen LogP contribution in [0.25, 0.3) is 0 Å². The number of benzene rings is 2. The van der Waals surface area contributed by atoms with Gasteiger partial charge in [-0.15, -0.1) is 0 Å². The number of anilines is 1. The average Bonchev–Trinajstić information content (AvgIpc) is 2.73. The lowest BCUT2D eigenvalue weighted by Gasteiger charge is -2.13. The van der Waals surface area contributed by atoms with E-state index < -0.39 is 18.0 Å². The van der Waals surface area contributed by atoms with Gasteiger partial charge in [0.1, 0.15) is 11.6 Å². The average molecular weight is 395 g/mol. The van der Waals surface area contributed by atoms with Gasteiger partial charge in [-0.2, -0.15) is 0 Å². The molecule has 0 aliphatic rings. The number of aryl methyl sites for hydroxylation is 1. The number of urea groups is 1. The van der Waals surface area contributed by atoms with Crippen molar-refractivity contribution >= 4 is 11.7 Å². The van der Waals surface area contributed by atoms with Gasteiger partial charge in [0.05, 0.1) is 18.0 Å². The number of nitrogens with one attached hydrogen (secondary N) is 2. The molecule has 7 heteroatoms. The molecule has 0 bridgehead atoms. The Labute approximate surface area is 168 Å². The number of aliphatic hydroxyl groups is 1. The van der Waals surface area contributed by atoms with Gasteiger partial charge in [0, 0.05) is 12.6 Å². The minimum absolute atomic E-state index is 0.0579. The summed E-state index contributed by atoms with van der Waals surface area (Å²) in [6.07, 6.45) is 1.38. The van der Waals surface area contributed by atoms with E-state index in [1.165, 1.54) is 24.4 Å². The first kappa shape index (κ1) is 20.3. The molecule has 1 atom stereocenters. The topological polar surface area (TPSA) is 83.5 Å². The van der Waals surface area contributed by atoms with Crippen LogP contribution in [-0.2, 0) is 6.42 Å². The fourth-order valence-corrected chi connectivity index (χ4v) is 2.66. The van der Waals surface area contributed by atoms with Crippen LogP contribution < -0.4 is 15.4 Å². The standard InChI is InChI=1S/C22H22FN3O3/c1-2-15-5-3-8-19(11-15)29-21-10-9-18(13-24-21)26-22(28)25-14-20(27)16-6-4-7-17(23)12-16/h3-13,20,27H,2,14H2,1H3,(H2,25,26,28). The van der Waals surface area contributed by atoms with E-state index in [0.29, 0.717) is 22.9 Å². The summed E-state index contributed by atoms with van der Waals surface area (Å²) in [6, 6.07) is 16.2. The van der Waals surface area contributed by atoms with Crippen LogP contribution in [0.15, 0.2) is 66.9 Å². The number of aliphatic hydroxyl groups excluding tert-OH is 1. The predicted octanol–water partition coefficient (Wildman–Crippen LogP) is 4.43. The molecule has 1 heterocycles. The normalized spacial score (nSPS) is 11.6. The molecule has 3 rings (SSSR count). The third kappa shape index (κ3) is 6.02. The molecule has 3 N–H and O–H groups in total. The van der Waals surface area contributed by atoms with Crippen molar-refractivity contribution in [3.05, 3.63) is 83.8 Å². The highest BCUT2D eigenvalue weighted by Gasteiger charge is 2.10. The molecule has 0 aliphatic heterocycles. The number of carbonyl (C=O) groups excluding carboxylic acids is 1. The Bertz CT molecular complexity index is 964. The van der Waals surface area contributed by atoms with Crippen molar-refractivity contribution in [1.29, 1.82) is 0 Å². The minimum atomic E-state index is -1.01. The highest BCUT2D eigenvalue weighted by Crippen LogP contribution is 2.21. The zero-order valence-electron chi connectivity index (χ0n) is 15.9. The van der Waals surface area contributed by atoms with Crippen LogP contribution in [0.3, 0.4) is 0 Å². The third-order valence-corrected chi connectivity index (χ3v) is 4.21. The van der Waals surface area contributed by atoms with Crippen molar-refractivity contribution in [1.82, 2.24) is 10.3 Å². The number of hydrogen-bond acceptors (Lipinski definition) is 4. The number of aromatic nitrogens is 1. The summed E-state index contributed by atoms with van der Waals surface area (Å²) in [5.74, 6) is 0.660. The van der Waals surface area contributed by atoms with Crippen molar-refractivity contribution in [2.75, 3.05) is 11.9 Å². The van der Waals surface area contributed by atoms with Crippen molar-refractivity contribution < 1.29 is 19.0 Å². The van der Waals surface area contributed by atoms with Gasteiger partial charge >= 0.3 is 6.03 Å². The molecule has 0 aliphatic carbocycles. The summed E-state index contributed by atoms with van der Waals surface area (Å²) >= 11 is 0. The molecule has 150 valence electrons. The quantitative estimate of drug-likeness (QED) is 0.553. The van der Waals surface area contributed by atoms with E-state index in [-0.39, 0.29) is 6.54 Å². The third-order valence-electron chi connectivity index (χ3n) is 4.21. The van der Waals surface area contributed by atoms with Crippen LogP contribution in [0.1, 0.15) is 24.2 Å². The monoisotopic (exact) mass is 395 g/mol. The summed E-state index contributed by atoms with van der Waals surface area (Å²) in [7, 11) is 0. The van der Waals surface area contributed by atoms with Crippen molar-refractivity contribution in [3.8, 4) is 11.6 Å². The Morgan fingerprint density at radius 1 is 1.17 bits per heavy atom. The maximum atomic E-state index is 13.2. The second-order valence-corrected chi connectivity index (χ2v) is 6.39. The number of ether oxygens (including phenoxy) is 1. The van der Waals surface area contributed by atoms with E-state index >= 15 is 0 Å². The van der Waals surface area contributed by atoms with Crippen LogP contribution in [-0.4, -0.2) is 22.7 Å². The first-order chi connectivity index (χ1) is 14.0. The van der Waals surface area contributed by atoms with Gasteiger partial charge in [-0.25, -0.2) is 14.2 Å². The zero-order chi connectivity index (χ0) is 20.6. The number of nitrogens with zero attached hydrogens (tertiary/aromatic N) is 1. The van der Waals surface area contributed by atoms with Gasteiger partial charge in [-0.3, -0.25) is 0 Å². The predicted molar refractivity (Wildman–Crippen MR) is 109 cm³/mol. The van der Waals surface area contributed by atoms with Gasteiger partial charge in [-0.1, -0.05) is 31.2 Å². The first-order valence-corrected chi connectivity index (χ1v) is 9.24. The molecule has 2 amide bonds. The van der Waals surface area contributed by atoms with E-state index in [0.717, 1.165) is 12.0 Å². The number of hydrogen-bond donors (Lipinski definition) is 3. The van der Waals surface area contributed by atoms with Gasteiger partial charge in [0.15, 0.2) is 0 Å². The lowest BCUT2D eigenvalue weighted by molar-refractivity contribution is 0.174. The molecule has 3 aromatic rings. The number of carbonyl (C=O) groups is 1. The molecule has 0 saturated heterocycles. The van der Waals surface area contributed by atoms with Gasteiger partial charge in [0.25, 0.3) is 0 Å². The Morgan fingerprint density at radius 3 is 2.72 bits per heavy atom. The SMILES string of the molecule is CCc1cccc(Oc2ccc(NC(=O)NCC(O)c3cccc(F)c3)cn2)c1. The molecule has 0 spiro atoms. The van der Waals surface area contributed by atoms with E-state index in [1.807, 2.05) is 24.3 Å². The molecule has 1 aromatic heterocycles. The number of halogens is 1. The van der Waals surface area contributed by atoms with Crippen LogP contribution >= 0.6 is 0 Å². The summed E-state index contributed by atoms with van der Waals surface area (Å²) in [5, 5.41) is 15.2. The van der Waals surface area contributed by atoms with Gasteiger partial charge in [-0.05, 0) is 47.9 Å². The Morgan fingerprint density at radius 2 is 2.00 bits per heavy atom. The molecular weight excluding hydrogens is 373 g/mol. The highest BCUT2D eigenvalue weighted by atomic mass is 19.1. The maximum absolute atomic E-state index is 13.2. The van der Waals surface area contributed by atoms with Crippen LogP contribution in [0.2, 0.25) is 0 Å². The first-order valence-electron chi connectivity index (χ1n) is 9.24. The Kier molecular flexibility index (Phi) is 6.76. The molecule has 0 radical (unpaired) electrons. The summed E-state index contributed by atoms with van der Waals surface area (Å²) in [4.78, 5) is 16.2. The second kappa shape index (κ2) is 9.66. The largest absolute Gasteiger partial charge is 0.439 e. The van der Waals surface area contributed by atoms with Crippen molar-refractivity contribution in [2.45, 2.75) is 19.4 Å². The summed E-state index contributed by atoms with van der Waals surface area (Å²) in [6.45, 7) is 2.01. The number of rotatable bonds is 7. The van der Waals surface area contributed by atoms with E-state index in [4.69, 9.17) is 4.74 Å². The van der Waals surface area contributed by atoms with E-state index in [9.17, 15) is 14.3 Å². The summed E-state index contributed by atoms with van der Waals surface area (Å²) < 4.78 is 18.9. The zero-order valence-corrected chi connectivity index (χ0v) is 15.9. The molecule has 0 saturated carbocycles. The fraction of sp³-hybridized carbons (Fsp3) is 0.182. The Hall–Kier alpha value is -3.45. The van der Waals surface area contributed by atoms with Crippen molar-refractivity contribution in [2.24, 2.45) is 0 Å². The van der Waals surface area contributed by atoms with Crippen LogP contribution in [0.5, 0.6) is 11.6 Å². The molecule has 29 heavy (non-hydrogen) atoms. The van der Waals surface area contributed by atoms with Gasteiger partial charge < -0.3 is 20.5 Å². The lowest BCUT2D eigenvalue weighted by Crippen LogP contribution is -2.32. The smallest absolute Gasteiger partial charge is 0.319 e. The van der Waals surface area contributed by atoms with Crippen LogP contribution in [0.4, 0.5) is 14.9 Å². The van der Waals surface area contributed by atoms with Gasteiger partial charge in [0.2, 0.25) is 5.88 Å². The van der Waals surface area contributed by atoms with Crippen molar-refractivity contribution in [3.63, 3.8) is 0 Å². The fourth-order valence-electron chi connectivity index (χ4n) is 2.66. The number of amides is 2. The number of pyridine rings is 1. The minimum Gasteiger partial charge on any atom is -0.439 e. The molecule has 2 aromatic carbocycles. The van der Waals surface area contributed by atoms with E-state index in [2.05, 4.69) is 22.5 Å². The lowest BCUT2D eigenvalue weighted by atomic mass is 10.1. The molecular formula is C22H22FN3O3. The molecule has 0 fully saturated rings. The second-order valence-electron chi connectivity index (χ2n) is 6.39. The maximum Gasteiger partial charge on any atom is 0.319 e. The molecule has 6 nitrogen and oxygen atoms in total. The Balaban J connectivity index is 1.50. The highest BCUT2D eigenvalue weighted by molar-refractivity contribution is 5.89. The molecule has 1 unspecified atom stereocenters. The van der Waals surface area contributed by atoms with Crippen LogP contribution in [0, 0.1) is 5.82 Å². The van der Waals surface area contributed by atoms with E-state index in [1.54, 1.807) is 18.2 Å².